The number of anilines is 1. The van der Waals surface area contributed by atoms with Crippen LogP contribution < -0.4 is 10.5 Å². The number of benzene rings is 1. The third-order valence-corrected chi connectivity index (χ3v) is 7.27. The summed E-state index contributed by atoms with van der Waals surface area (Å²) in [6.45, 7) is -0.167. The average Bonchev–Trinajstić information content (AvgIpc) is 3.67. The third-order valence-electron chi connectivity index (χ3n) is 7.27. The number of hydrogen-bond donors (Lipinski definition) is 2. The van der Waals surface area contributed by atoms with E-state index in [2.05, 4.69) is 33.9 Å². The van der Waals surface area contributed by atoms with Crippen LogP contribution in [0.15, 0.2) is 48.9 Å². The Balaban J connectivity index is 1.19. The normalized spacial score (nSPS) is 28.8. The fourth-order valence-electron chi connectivity index (χ4n) is 4.82. The van der Waals surface area contributed by atoms with Gasteiger partial charge in [-0.25, -0.2) is 9.37 Å². The summed E-state index contributed by atoms with van der Waals surface area (Å²) in [6, 6.07) is 8.52. The van der Waals surface area contributed by atoms with E-state index in [1.165, 1.54) is 0 Å². The van der Waals surface area contributed by atoms with E-state index in [-0.39, 0.29) is 29.0 Å². The minimum absolute atomic E-state index is 0.0715. The van der Waals surface area contributed by atoms with Crippen molar-refractivity contribution in [2.75, 3.05) is 25.9 Å². The van der Waals surface area contributed by atoms with Crippen molar-refractivity contribution >= 4 is 5.82 Å². The number of piperidine rings is 1. The van der Waals surface area contributed by atoms with Crippen LogP contribution in [0.2, 0.25) is 0 Å². The van der Waals surface area contributed by atoms with E-state index in [1.807, 2.05) is 10.9 Å². The number of nitrogens with two attached hydrogens (primary N) is 1. The molecule has 1 saturated heterocycles. The van der Waals surface area contributed by atoms with Crippen LogP contribution in [0.1, 0.15) is 32.8 Å². The predicted octanol–water partition coefficient (Wildman–Crippen LogP) is 3.05. The summed E-state index contributed by atoms with van der Waals surface area (Å²) in [4.78, 5) is 6.53. The van der Waals surface area contributed by atoms with Crippen molar-refractivity contribution in [1.29, 1.82) is 0 Å². The molecule has 0 spiro atoms. The maximum absolute atomic E-state index is 13.2. The van der Waals surface area contributed by atoms with Gasteiger partial charge in [-0.15, -0.1) is 0 Å². The van der Waals surface area contributed by atoms with Gasteiger partial charge < -0.3 is 20.5 Å². The molecule has 0 bridgehead atoms. The van der Waals surface area contributed by atoms with Crippen molar-refractivity contribution < 1.29 is 17.0 Å². The standard InChI is InChI=1S/C27H28FN5O2/c1-32-9-6-21(7-10-32)33-15-20(14-31-33)19-12-22(26(29)30-13-19)35-16-18-4-2-3-17(11-18)5-8-27(34)23-24(27)25(23)28/h2-4,11-15,21,23-25,34H,6-7,9-10,16H2,1H3,(H2,29,30)/i16D2. The van der Waals surface area contributed by atoms with Gasteiger partial charge in [0.05, 0.1) is 15.0 Å². The second kappa shape index (κ2) is 8.36. The van der Waals surface area contributed by atoms with Crippen LogP contribution in [0, 0.1) is 23.7 Å². The molecule has 180 valence electrons. The molecule has 2 unspecified atom stereocenters. The predicted molar refractivity (Wildman–Crippen MR) is 130 cm³/mol. The van der Waals surface area contributed by atoms with Gasteiger partial charge in [-0.3, -0.25) is 4.68 Å². The molecule has 0 amide bonds. The summed E-state index contributed by atoms with van der Waals surface area (Å²) in [5.74, 6) is 5.01. The molecule has 0 radical (unpaired) electrons. The van der Waals surface area contributed by atoms with Crippen LogP contribution in [0.3, 0.4) is 0 Å². The lowest BCUT2D eigenvalue weighted by atomic mass is 10.1. The first-order valence-corrected chi connectivity index (χ1v) is 11.8. The van der Waals surface area contributed by atoms with Gasteiger partial charge in [-0.05, 0) is 56.7 Å². The lowest BCUT2D eigenvalue weighted by Crippen LogP contribution is -2.31. The van der Waals surface area contributed by atoms with Crippen LogP contribution in [0.4, 0.5) is 10.2 Å². The molecule has 6 rings (SSSR count). The zero-order chi connectivity index (χ0) is 25.9. The number of aromatic nitrogens is 3. The SMILES string of the molecule is [2H]C([2H])(Oc1cc(-c2cnn(C3CCN(C)CC3)c2)cnc1N)c1cccc(C#CC2(O)C3C(F)C32)c1. The number of ether oxygens (including phenoxy) is 1. The largest absolute Gasteiger partial charge is 0.485 e. The highest BCUT2D eigenvalue weighted by Gasteiger charge is 2.85. The number of likely N-dealkylation sites (tertiary alicyclic amines) is 1. The highest BCUT2D eigenvalue weighted by molar-refractivity contribution is 5.65. The second-order valence-corrected chi connectivity index (χ2v) is 9.71. The van der Waals surface area contributed by atoms with Gasteiger partial charge in [0.2, 0.25) is 0 Å². The Labute approximate surface area is 206 Å². The van der Waals surface area contributed by atoms with Crippen molar-refractivity contribution in [2.24, 2.45) is 11.8 Å². The molecule has 3 fully saturated rings. The fourth-order valence-corrected chi connectivity index (χ4v) is 4.82. The Morgan fingerprint density at radius 2 is 2.06 bits per heavy atom. The molecule has 2 atom stereocenters. The molecule has 3 heterocycles. The zero-order valence-corrected chi connectivity index (χ0v) is 19.4. The van der Waals surface area contributed by atoms with Crippen molar-refractivity contribution in [2.45, 2.75) is 37.2 Å². The van der Waals surface area contributed by atoms with E-state index in [9.17, 15) is 9.50 Å². The van der Waals surface area contributed by atoms with Gasteiger partial charge in [-0.2, -0.15) is 5.10 Å². The number of halogens is 1. The van der Waals surface area contributed by atoms with Gasteiger partial charge in [0.25, 0.3) is 0 Å². The van der Waals surface area contributed by atoms with Crippen LogP contribution in [0.5, 0.6) is 5.75 Å². The van der Waals surface area contributed by atoms with Crippen LogP contribution in [-0.4, -0.2) is 56.7 Å². The monoisotopic (exact) mass is 475 g/mol. The van der Waals surface area contributed by atoms with E-state index >= 15 is 0 Å². The maximum atomic E-state index is 13.2. The summed E-state index contributed by atoms with van der Waals surface area (Å²) in [5, 5.41) is 14.7. The Bertz CT molecular complexity index is 1400. The maximum Gasteiger partial charge on any atom is 0.166 e. The number of fused-ring (bicyclic) bond motifs is 1. The molecule has 2 aliphatic carbocycles. The Morgan fingerprint density at radius 3 is 2.83 bits per heavy atom. The lowest BCUT2D eigenvalue weighted by molar-refractivity contribution is 0.109. The number of alkyl halides is 1. The first-order chi connectivity index (χ1) is 17.7. The van der Waals surface area contributed by atoms with Crippen LogP contribution in [0.25, 0.3) is 11.1 Å². The second-order valence-electron chi connectivity index (χ2n) is 9.71. The number of hydrogen-bond acceptors (Lipinski definition) is 6. The molecule has 1 aliphatic heterocycles. The number of nitrogen functional groups attached to an aromatic ring is 1. The molecule has 2 aromatic heterocycles. The Hall–Kier alpha value is -3.41. The van der Waals surface area contributed by atoms with Gasteiger partial charge in [-0.1, -0.05) is 24.0 Å². The molecule has 35 heavy (non-hydrogen) atoms. The summed E-state index contributed by atoms with van der Waals surface area (Å²) in [6.07, 6.45) is 6.49. The summed E-state index contributed by atoms with van der Waals surface area (Å²) in [5.41, 5.74) is 7.10. The number of nitrogens with zero attached hydrogens (tertiary/aromatic N) is 4. The quantitative estimate of drug-likeness (QED) is 0.552. The average molecular weight is 476 g/mol. The van der Waals surface area contributed by atoms with E-state index in [0.29, 0.717) is 11.6 Å². The molecular weight excluding hydrogens is 445 g/mol. The summed E-state index contributed by atoms with van der Waals surface area (Å²) in [7, 11) is 2.12. The van der Waals surface area contributed by atoms with Crippen LogP contribution in [-0.2, 0) is 6.56 Å². The van der Waals surface area contributed by atoms with Crippen molar-refractivity contribution in [3.8, 4) is 28.7 Å². The fraction of sp³-hybridized carbons (Fsp3) is 0.407. The molecule has 3 N–H and O–H groups in total. The van der Waals surface area contributed by atoms with Crippen LogP contribution >= 0.6 is 0 Å². The number of aliphatic hydroxyl groups is 1. The molecule has 2 saturated carbocycles. The molecule has 3 aromatic rings. The lowest BCUT2D eigenvalue weighted by Gasteiger charge is -2.28. The van der Waals surface area contributed by atoms with Crippen molar-refractivity contribution in [3.63, 3.8) is 0 Å². The smallest absolute Gasteiger partial charge is 0.166 e. The zero-order valence-electron chi connectivity index (χ0n) is 21.4. The Kier molecular flexibility index (Phi) is 4.74. The highest BCUT2D eigenvalue weighted by Crippen LogP contribution is 2.72. The summed E-state index contributed by atoms with van der Waals surface area (Å²) >= 11 is 0. The van der Waals surface area contributed by atoms with E-state index in [1.54, 1.807) is 42.7 Å². The summed E-state index contributed by atoms with van der Waals surface area (Å²) < 4.78 is 38.0. The van der Waals surface area contributed by atoms with Crippen molar-refractivity contribution in [3.05, 3.63) is 60.0 Å². The first-order valence-electron chi connectivity index (χ1n) is 12.8. The van der Waals surface area contributed by atoms with Gasteiger partial charge in [0.1, 0.15) is 18.3 Å². The number of rotatable bonds is 5. The van der Waals surface area contributed by atoms with Crippen molar-refractivity contribution in [1.82, 2.24) is 19.7 Å². The number of pyridine rings is 1. The van der Waals surface area contributed by atoms with Gasteiger partial charge >= 0.3 is 0 Å². The highest BCUT2D eigenvalue weighted by atomic mass is 19.1. The molecule has 7 nitrogen and oxygen atoms in total. The first kappa shape index (κ1) is 19.8. The van der Waals surface area contributed by atoms with E-state index < -0.39 is 18.3 Å². The third kappa shape index (κ3) is 4.15. The minimum atomic E-state index is -2.23. The molecular formula is C27H28FN5O2. The minimum Gasteiger partial charge on any atom is -0.485 e. The molecule has 3 aliphatic rings. The van der Waals surface area contributed by atoms with Gasteiger partial charge in [0, 0.05) is 40.9 Å². The molecule has 8 heteroatoms. The van der Waals surface area contributed by atoms with E-state index in [0.717, 1.165) is 37.1 Å². The van der Waals surface area contributed by atoms with Gasteiger partial charge in [0.15, 0.2) is 11.6 Å². The van der Waals surface area contributed by atoms with E-state index in [4.69, 9.17) is 13.2 Å². The topological polar surface area (TPSA) is 89.4 Å². The molecule has 1 aromatic carbocycles. The Morgan fingerprint density at radius 1 is 1.26 bits per heavy atom.